The Hall–Kier alpha value is -1.71. The fraction of sp³-hybridized carbons (Fsp3) is 0.619. The zero-order chi connectivity index (χ0) is 21.8. The van der Waals surface area contributed by atoms with Crippen molar-refractivity contribution in [2.45, 2.75) is 70.8 Å². The fourth-order valence-corrected chi connectivity index (χ4v) is 5.31. The molecule has 2 heterocycles. The van der Waals surface area contributed by atoms with Crippen LogP contribution in [0.5, 0.6) is 0 Å². The monoisotopic (exact) mass is 441 g/mol. The van der Waals surface area contributed by atoms with Crippen molar-refractivity contribution in [2.75, 3.05) is 0 Å². The van der Waals surface area contributed by atoms with Crippen molar-refractivity contribution in [3.05, 3.63) is 34.1 Å². The summed E-state index contributed by atoms with van der Waals surface area (Å²) in [5, 5.41) is 24.7. The molecule has 1 saturated carbocycles. The van der Waals surface area contributed by atoms with E-state index in [4.69, 9.17) is 0 Å². The lowest BCUT2D eigenvalue weighted by molar-refractivity contribution is -0.0998. The number of hydrogen-bond acceptors (Lipinski definition) is 5. The van der Waals surface area contributed by atoms with E-state index in [1.54, 1.807) is 18.4 Å². The van der Waals surface area contributed by atoms with E-state index >= 15 is 0 Å². The molecule has 2 aliphatic carbocycles. The summed E-state index contributed by atoms with van der Waals surface area (Å²) in [4.78, 5) is 5.13. The Balaban J connectivity index is 1.65. The maximum absolute atomic E-state index is 13.6. The quantitative estimate of drug-likeness (QED) is 0.701. The number of hydrogen-bond donors (Lipinski definition) is 2. The molecule has 30 heavy (non-hydrogen) atoms. The van der Waals surface area contributed by atoms with Crippen LogP contribution < -0.4 is 0 Å². The summed E-state index contributed by atoms with van der Waals surface area (Å²) in [6.45, 7) is 5.11. The number of aryl methyl sites for hydroxylation is 1. The van der Waals surface area contributed by atoms with E-state index in [-0.39, 0.29) is 12.5 Å². The van der Waals surface area contributed by atoms with E-state index in [9.17, 15) is 23.4 Å². The highest BCUT2D eigenvalue weighted by molar-refractivity contribution is 7.16. The molecule has 0 radical (unpaired) electrons. The molecule has 0 spiro atoms. The molecule has 2 aromatic rings. The van der Waals surface area contributed by atoms with Gasteiger partial charge in [-0.25, -0.2) is 9.50 Å². The molecule has 0 saturated heterocycles. The standard InChI is InChI=1S/C21H26F3N3O2S/c1-11-17(27-19(25-11)30-18(26-27)20(2,3)29)14-6-7-16(21(22,23)24)13(10-14)5-4-12-8-15(28)9-12/h6-7,12-13,15,28-29H,4-5,8-10H2,1-3H3. The second kappa shape index (κ2) is 7.46. The molecule has 164 valence electrons. The predicted molar refractivity (Wildman–Crippen MR) is 109 cm³/mol. The molecule has 1 fully saturated rings. The second-order valence-electron chi connectivity index (χ2n) is 8.99. The van der Waals surface area contributed by atoms with Crippen LogP contribution in [0, 0.1) is 18.8 Å². The van der Waals surface area contributed by atoms with Crippen molar-refractivity contribution in [1.82, 2.24) is 14.6 Å². The number of nitrogens with zero attached hydrogens (tertiary/aromatic N) is 3. The highest BCUT2D eigenvalue weighted by Crippen LogP contribution is 2.44. The minimum atomic E-state index is -4.36. The van der Waals surface area contributed by atoms with Crippen LogP contribution in [0.2, 0.25) is 0 Å². The van der Waals surface area contributed by atoms with Crippen molar-refractivity contribution in [1.29, 1.82) is 0 Å². The van der Waals surface area contributed by atoms with Gasteiger partial charge in [-0.3, -0.25) is 0 Å². The SMILES string of the molecule is Cc1nc2sc(C(C)(C)O)nn2c1C1=CC=C(C(F)(F)F)C(CCC2CC(O)C2)C1. The first-order chi connectivity index (χ1) is 13.9. The molecule has 2 aromatic heterocycles. The topological polar surface area (TPSA) is 70.7 Å². The van der Waals surface area contributed by atoms with Gasteiger partial charge in [0.25, 0.3) is 0 Å². The van der Waals surface area contributed by atoms with Gasteiger partial charge in [-0.15, -0.1) is 0 Å². The Labute approximate surface area is 176 Å². The van der Waals surface area contributed by atoms with Crippen LogP contribution in [0.1, 0.15) is 62.3 Å². The van der Waals surface area contributed by atoms with Gasteiger partial charge in [-0.05, 0) is 70.3 Å². The number of rotatable bonds is 5. The average molecular weight is 442 g/mol. The van der Waals surface area contributed by atoms with Crippen LogP contribution in [-0.2, 0) is 5.60 Å². The molecule has 2 aliphatic rings. The van der Waals surface area contributed by atoms with Gasteiger partial charge in [0, 0.05) is 5.57 Å². The van der Waals surface area contributed by atoms with Crippen molar-refractivity contribution in [3.63, 3.8) is 0 Å². The summed E-state index contributed by atoms with van der Waals surface area (Å²) in [7, 11) is 0. The van der Waals surface area contributed by atoms with E-state index in [1.807, 2.05) is 6.92 Å². The summed E-state index contributed by atoms with van der Waals surface area (Å²) >= 11 is 1.28. The van der Waals surface area contributed by atoms with Gasteiger partial charge in [-0.1, -0.05) is 23.5 Å². The van der Waals surface area contributed by atoms with E-state index < -0.39 is 23.3 Å². The first-order valence-electron chi connectivity index (χ1n) is 10.2. The third kappa shape index (κ3) is 4.07. The van der Waals surface area contributed by atoms with Crippen LogP contribution in [0.25, 0.3) is 10.5 Å². The number of fused-ring (bicyclic) bond motifs is 1. The number of halogens is 3. The summed E-state index contributed by atoms with van der Waals surface area (Å²) in [6.07, 6.45) is 0.824. The summed E-state index contributed by atoms with van der Waals surface area (Å²) in [5.74, 6) is -0.319. The second-order valence-corrected chi connectivity index (χ2v) is 9.94. The Bertz CT molecular complexity index is 1010. The molecule has 1 unspecified atom stereocenters. The van der Waals surface area contributed by atoms with Crippen molar-refractivity contribution >= 4 is 21.9 Å². The third-order valence-electron chi connectivity index (χ3n) is 6.04. The first kappa shape index (κ1) is 21.5. The minimum Gasteiger partial charge on any atom is -0.393 e. The smallest absolute Gasteiger partial charge is 0.393 e. The van der Waals surface area contributed by atoms with Crippen LogP contribution in [-0.4, -0.2) is 37.1 Å². The minimum absolute atomic E-state index is 0.268. The van der Waals surface area contributed by atoms with Crippen molar-refractivity contribution in [2.24, 2.45) is 11.8 Å². The van der Waals surface area contributed by atoms with Gasteiger partial charge in [0.1, 0.15) is 10.6 Å². The summed E-state index contributed by atoms with van der Waals surface area (Å²) in [5.41, 5.74) is 0.598. The van der Waals surface area contributed by atoms with Gasteiger partial charge in [0.05, 0.1) is 17.5 Å². The van der Waals surface area contributed by atoms with Crippen LogP contribution in [0.4, 0.5) is 13.2 Å². The Morgan fingerprint density at radius 2 is 1.90 bits per heavy atom. The highest BCUT2D eigenvalue weighted by Gasteiger charge is 2.41. The molecule has 1 atom stereocenters. The number of aliphatic hydroxyl groups is 2. The third-order valence-corrected chi connectivity index (χ3v) is 7.26. The molecule has 0 aromatic carbocycles. The Morgan fingerprint density at radius 1 is 1.20 bits per heavy atom. The number of aromatic nitrogens is 3. The van der Waals surface area contributed by atoms with Crippen molar-refractivity contribution < 1.29 is 23.4 Å². The number of allylic oxidation sites excluding steroid dienone is 4. The lowest BCUT2D eigenvalue weighted by Gasteiger charge is -2.34. The van der Waals surface area contributed by atoms with Gasteiger partial charge in [-0.2, -0.15) is 18.3 Å². The maximum Gasteiger partial charge on any atom is 0.412 e. The predicted octanol–water partition coefficient (Wildman–Crippen LogP) is 4.77. The van der Waals surface area contributed by atoms with Gasteiger partial charge < -0.3 is 10.2 Å². The molecular formula is C21H26F3N3O2S. The molecular weight excluding hydrogens is 415 g/mol. The van der Waals surface area contributed by atoms with Crippen LogP contribution in [0.15, 0.2) is 17.7 Å². The van der Waals surface area contributed by atoms with E-state index in [2.05, 4.69) is 10.1 Å². The van der Waals surface area contributed by atoms with Crippen molar-refractivity contribution in [3.8, 4) is 0 Å². The highest BCUT2D eigenvalue weighted by atomic mass is 32.1. The van der Waals surface area contributed by atoms with Gasteiger partial charge in [0.2, 0.25) is 4.96 Å². The molecule has 2 N–H and O–H groups in total. The number of imidazole rings is 1. The van der Waals surface area contributed by atoms with Crippen LogP contribution in [0.3, 0.4) is 0 Å². The average Bonchev–Trinajstić information content (AvgIpc) is 3.13. The molecule has 0 amide bonds. The number of aliphatic hydroxyl groups excluding tert-OH is 1. The lowest BCUT2D eigenvalue weighted by atomic mass is 9.75. The first-order valence-corrected chi connectivity index (χ1v) is 11.0. The molecule has 5 nitrogen and oxygen atoms in total. The Kier molecular flexibility index (Phi) is 5.35. The zero-order valence-corrected chi connectivity index (χ0v) is 18.0. The maximum atomic E-state index is 13.6. The van der Waals surface area contributed by atoms with Gasteiger partial charge >= 0.3 is 6.18 Å². The lowest BCUT2D eigenvalue weighted by Crippen LogP contribution is -2.29. The Morgan fingerprint density at radius 3 is 2.50 bits per heavy atom. The van der Waals surface area contributed by atoms with Gasteiger partial charge in [0.15, 0.2) is 0 Å². The normalized spacial score (nSPS) is 25.3. The van der Waals surface area contributed by atoms with Crippen LogP contribution >= 0.6 is 11.3 Å². The van der Waals surface area contributed by atoms with E-state index in [0.29, 0.717) is 53.0 Å². The summed E-state index contributed by atoms with van der Waals surface area (Å²) < 4.78 is 42.5. The molecule has 0 bridgehead atoms. The van der Waals surface area contributed by atoms with E-state index in [0.717, 1.165) is 5.57 Å². The molecule has 4 rings (SSSR count). The number of alkyl halides is 3. The molecule has 9 heteroatoms. The largest absolute Gasteiger partial charge is 0.412 e. The van der Waals surface area contributed by atoms with E-state index in [1.165, 1.54) is 23.5 Å². The zero-order valence-electron chi connectivity index (χ0n) is 17.2. The summed E-state index contributed by atoms with van der Waals surface area (Å²) in [6, 6.07) is 0. The molecule has 0 aliphatic heterocycles. The fourth-order valence-electron chi connectivity index (χ4n) is 4.37.